The molecule has 0 bridgehead atoms. The standard InChI is InChI=1S/C21H21N3O6/c1-3-30-20(27)21(2)9-7-14(8-10-21)13-23-19(26)17(18(25)22-23)12-15-5-4-6-16(11-15)24(28)29/h4-9,11-12H,3,10,13H2,1-2H3,(H,22,25)/b17-12-. The van der Waals surface area contributed by atoms with Crippen LogP contribution >= 0.6 is 0 Å². The first kappa shape index (κ1) is 21.0. The van der Waals surface area contributed by atoms with Crippen molar-refractivity contribution in [3.63, 3.8) is 0 Å². The van der Waals surface area contributed by atoms with E-state index in [2.05, 4.69) is 5.43 Å². The minimum Gasteiger partial charge on any atom is -0.465 e. The van der Waals surface area contributed by atoms with Crippen molar-refractivity contribution >= 4 is 29.5 Å². The summed E-state index contributed by atoms with van der Waals surface area (Å²) in [4.78, 5) is 47.3. The fraction of sp³-hybridized carbons (Fsp3) is 0.286. The average Bonchev–Trinajstić information content (AvgIpc) is 2.97. The number of non-ortho nitro benzene ring substituents is 1. The first-order valence-corrected chi connectivity index (χ1v) is 9.38. The van der Waals surface area contributed by atoms with Crippen LogP contribution in [-0.4, -0.2) is 40.9 Å². The largest absolute Gasteiger partial charge is 0.465 e. The number of nitrogens with zero attached hydrogens (tertiary/aromatic N) is 2. The molecule has 2 amide bonds. The van der Waals surface area contributed by atoms with E-state index in [4.69, 9.17) is 4.74 Å². The molecule has 30 heavy (non-hydrogen) atoms. The van der Waals surface area contributed by atoms with Crippen molar-refractivity contribution in [2.24, 2.45) is 5.41 Å². The zero-order valence-electron chi connectivity index (χ0n) is 16.6. The Morgan fingerprint density at radius 2 is 2.17 bits per heavy atom. The van der Waals surface area contributed by atoms with Crippen LogP contribution in [0.2, 0.25) is 0 Å². The number of esters is 1. The number of nitrogens with one attached hydrogen (secondary N) is 1. The van der Waals surface area contributed by atoms with Crippen molar-refractivity contribution in [1.82, 2.24) is 10.4 Å². The maximum atomic E-state index is 12.6. The molecular formula is C21H21N3O6. The van der Waals surface area contributed by atoms with Gasteiger partial charge in [-0.1, -0.05) is 30.4 Å². The van der Waals surface area contributed by atoms with Gasteiger partial charge >= 0.3 is 5.97 Å². The molecule has 1 atom stereocenters. The van der Waals surface area contributed by atoms with Crippen LogP contribution in [0.4, 0.5) is 5.69 Å². The lowest BCUT2D eigenvalue weighted by molar-refractivity contribution is -0.384. The van der Waals surface area contributed by atoms with Gasteiger partial charge in [0.15, 0.2) is 0 Å². The zero-order valence-corrected chi connectivity index (χ0v) is 16.6. The topological polar surface area (TPSA) is 119 Å². The van der Waals surface area contributed by atoms with E-state index in [-0.39, 0.29) is 23.8 Å². The third kappa shape index (κ3) is 4.29. The molecule has 1 aromatic rings. The summed E-state index contributed by atoms with van der Waals surface area (Å²) in [6.45, 7) is 3.95. The van der Waals surface area contributed by atoms with Crippen LogP contribution in [0.25, 0.3) is 6.08 Å². The lowest BCUT2D eigenvalue weighted by Crippen LogP contribution is -2.37. The highest BCUT2D eigenvalue weighted by Crippen LogP contribution is 2.31. The number of benzene rings is 1. The molecule has 0 aromatic heterocycles. The van der Waals surface area contributed by atoms with Crippen molar-refractivity contribution in [3.05, 3.63) is 69.3 Å². The van der Waals surface area contributed by atoms with Crippen LogP contribution in [-0.2, 0) is 19.1 Å². The lowest BCUT2D eigenvalue weighted by Gasteiger charge is -2.26. The van der Waals surface area contributed by atoms with E-state index < -0.39 is 22.2 Å². The summed E-state index contributed by atoms with van der Waals surface area (Å²) in [6.07, 6.45) is 7.06. The van der Waals surface area contributed by atoms with Crippen molar-refractivity contribution in [2.75, 3.05) is 13.2 Å². The summed E-state index contributed by atoms with van der Waals surface area (Å²) in [7, 11) is 0. The number of carbonyl (C=O) groups is 3. The predicted octanol–water partition coefficient (Wildman–Crippen LogP) is 2.31. The molecule has 1 heterocycles. The molecule has 1 aromatic carbocycles. The van der Waals surface area contributed by atoms with E-state index in [1.54, 1.807) is 32.1 Å². The monoisotopic (exact) mass is 411 g/mol. The second-order valence-electron chi connectivity index (χ2n) is 7.20. The van der Waals surface area contributed by atoms with Gasteiger partial charge in [-0.3, -0.25) is 29.9 Å². The highest BCUT2D eigenvalue weighted by atomic mass is 16.6. The normalized spacial score (nSPS) is 22.1. The smallest absolute Gasteiger partial charge is 0.315 e. The molecule has 0 saturated carbocycles. The van der Waals surface area contributed by atoms with Gasteiger partial charge in [0.2, 0.25) is 0 Å². The van der Waals surface area contributed by atoms with Gasteiger partial charge in [0.05, 0.1) is 23.5 Å². The number of nitro benzene ring substituents is 1. The van der Waals surface area contributed by atoms with Crippen LogP contribution in [0.15, 0.2) is 53.6 Å². The molecule has 9 nitrogen and oxygen atoms in total. The molecule has 1 unspecified atom stereocenters. The molecular weight excluding hydrogens is 390 g/mol. The SMILES string of the molecule is CCOC(=O)C1(C)C=CC(CN2NC(=O)/C(=C/c3cccc([N+](=O)[O-])c3)C2=O)=CC1. The van der Waals surface area contributed by atoms with Crippen molar-refractivity contribution in [1.29, 1.82) is 0 Å². The van der Waals surface area contributed by atoms with Crippen LogP contribution in [0.1, 0.15) is 25.8 Å². The van der Waals surface area contributed by atoms with Crippen molar-refractivity contribution in [3.8, 4) is 0 Å². The Hall–Kier alpha value is -3.75. The molecule has 0 radical (unpaired) electrons. The highest BCUT2D eigenvalue weighted by Gasteiger charge is 2.36. The fourth-order valence-corrected chi connectivity index (χ4v) is 3.13. The molecule has 0 spiro atoms. The number of hydrogen-bond acceptors (Lipinski definition) is 6. The van der Waals surface area contributed by atoms with Gasteiger partial charge < -0.3 is 4.74 Å². The minimum absolute atomic E-state index is 0.104. The second kappa shape index (κ2) is 8.32. The van der Waals surface area contributed by atoms with Gasteiger partial charge in [-0.15, -0.1) is 0 Å². The van der Waals surface area contributed by atoms with Crippen molar-refractivity contribution < 1.29 is 24.0 Å². The third-order valence-electron chi connectivity index (χ3n) is 4.88. The van der Waals surface area contributed by atoms with Gasteiger partial charge in [-0.25, -0.2) is 5.01 Å². The fourth-order valence-electron chi connectivity index (χ4n) is 3.13. The Labute approximate surface area is 172 Å². The summed E-state index contributed by atoms with van der Waals surface area (Å²) in [5, 5.41) is 12.1. The van der Waals surface area contributed by atoms with Gasteiger partial charge in [-0.2, -0.15) is 0 Å². The van der Waals surface area contributed by atoms with E-state index in [0.29, 0.717) is 18.6 Å². The number of nitro groups is 1. The number of allylic oxidation sites excluding steroid dienone is 1. The van der Waals surface area contributed by atoms with Crippen LogP contribution < -0.4 is 5.43 Å². The van der Waals surface area contributed by atoms with E-state index >= 15 is 0 Å². The average molecular weight is 411 g/mol. The molecule has 1 aliphatic heterocycles. The number of rotatable bonds is 6. The molecule has 1 saturated heterocycles. The summed E-state index contributed by atoms with van der Waals surface area (Å²) in [6, 6.07) is 5.68. The molecule has 9 heteroatoms. The maximum absolute atomic E-state index is 12.6. The summed E-state index contributed by atoms with van der Waals surface area (Å²) in [5.74, 6) is -1.42. The van der Waals surface area contributed by atoms with Crippen LogP contribution in [0, 0.1) is 15.5 Å². The predicted molar refractivity (Wildman–Crippen MR) is 108 cm³/mol. The summed E-state index contributed by atoms with van der Waals surface area (Å²) >= 11 is 0. The number of carbonyl (C=O) groups excluding carboxylic acids is 3. The van der Waals surface area contributed by atoms with Gasteiger partial charge in [0.25, 0.3) is 17.5 Å². The maximum Gasteiger partial charge on any atom is 0.315 e. The minimum atomic E-state index is -0.759. The number of hydrogen-bond donors (Lipinski definition) is 1. The molecule has 2 aliphatic rings. The van der Waals surface area contributed by atoms with E-state index in [0.717, 1.165) is 5.57 Å². The Morgan fingerprint density at radius 3 is 2.80 bits per heavy atom. The Bertz CT molecular complexity index is 1010. The Kier molecular flexibility index (Phi) is 5.81. The van der Waals surface area contributed by atoms with E-state index in [9.17, 15) is 24.5 Å². The second-order valence-corrected chi connectivity index (χ2v) is 7.20. The Morgan fingerprint density at radius 1 is 1.40 bits per heavy atom. The first-order chi connectivity index (χ1) is 14.2. The van der Waals surface area contributed by atoms with Gasteiger partial charge in [0, 0.05) is 12.1 Å². The summed E-state index contributed by atoms with van der Waals surface area (Å²) in [5.41, 5.74) is 2.65. The number of amides is 2. The molecule has 156 valence electrons. The number of hydrazine groups is 1. The third-order valence-corrected chi connectivity index (χ3v) is 4.88. The highest BCUT2D eigenvalue weighted by molar-refractivity contribution is 6.25. The zero-order chi connectivity index (χ0) is 21.9. The molecule has 1 aliphatic carbocycles. The Balaban J connectivity index is 1.71. The quantitative estimate of drug-likeness (QED) is 0.252. The van der Waals surface area contributed by atoms with Gasteiger partial charge in [0.1, 0.15) is 5.57 Å². The van der Waals surface area contributed by atoms with Crippen LogP contribution in [0.3, 0.4) is 0 Å². The lowest BCUT2D eigenvalue weighted by atomic mass is 9.82. The summed E-state index contributed by atoms with van der Waals surface area (Å²) < 4.78 is 5.09. The number of ether oxygens (including phenoxy) is 1. The first-order valence-electron chi connectivity index (χ1n) is 9.38. The van der Waals surface area contributed by atoms with Gasteiger partial charge in [-0.05, 0) is 37.5 Å². The van der Waals surface area contributed by atoms with E-state index in [1.807, 2.05) is 6.08 Å². The van der Waals surface area contributed by atoms with Crippen molar-refractivity contribution in [2.45, 2.75) is 20.3 Å². The molecule has 1 fully saturated rings. The molecule has 1 N–H and O–H groups in total. The van der Waals surface area contributed by atoms with E-state index in [1.165, 1.54) is 29.3 Å². The van der Waals surface area contributed by atoms with Crippen LogP contribution in [0.5, 0.6) is 0 Å². The molecule has 3 rings (SSSR count).